The van der Waals surface area contributed by atoms with E-state index in [0.29, 0.717) is 5.92 Å². The molecule has 0 radical (unpaired) electrons. The first-order valence-corrected chi connectivity index (χ1v) is 11.4. The molecule has 28 heavy (non-hydrogen) atoms. The fourth-order valence-electron chi connectivity index (χ4n) is 3.86. The number of benzene rings is 1. The molecule has 0 saturated carbocycles. The van der Waals surface area contributed by atoms with Crippen LogP contribution in [0.3, 0.4) is 0 Å². The number of anilines is 1. The maximum absolute atomic E-state index is 12.6. The van der Waals surface area contributed by atoms with Crippen LogP contribution in [0.1, 0.15) is 58.4 Å². The van der Waals surface area contributed by atoms with Gasteiger partial charge in [-0.1, -0.05) is 52.2 Å². The van der Waals surface area contributed by atoms with Crippen molar-refractivity contribution in [2.24, 2.45) is 5.92 Å². The lowest BCUT2D eigenvalue weighted by molar-refractivity contribution is -0.0429. The lowest BCUT2D eigenvalue weighted by atomic mass is 9.68. The van der Waals surface area contributed by atoms with E-state index in [1.807, 2.05) is 6.07 Å². The minimum atomic E-state index is -5.41. The Morgan fingerprint density at radius 3 is 2.57 bits per heavy atom. The fraction of sp³-hybridized carbons (Fsp3) is 0.700. The number of nitrogens with one attached hydrogen (secondary N) is 1. The van der Waals surface area contributed by atoms with E-state index in [9.17, 15) is 21.6 Å². The summed E-state index contributed by atoms with van der Waals surface area (Å²) in [5.74, 6) is 0.307. The molecule has 1 aliphatic rings. The number of unbranched alkanes of at least 4 members (excludes halogenated alkanes) is 3. The molecule has 1 aromatic carbocycles. The van der Waals surface area contributed by atoms with Crippen LogP contribution in [-0.4, -0.2) is 38.5 Å². The van der Waals surface area contributed by atoms with Crippen LogP contribution in [0.5, 0.6) is 0 Å². The lowest BCUT2D eigenvalue weighted by Crippen LogP contribution is -2.47. The molecule has 1 saturated heterocycles. The zero-order valence-electron chi connectivity index (χ0n) is 16.8. The first-order chi connectivity index (χ1) is 13.0. The molecule has 1 heterocycles. The molecule has 1 fully saturated rings. The average Bonchev–Trinajstić information content (AvgIpc) is 2.61. The van der Waals surface area contributed by atoms with Crippen molar-refractivity contribution in [3.05, 3.63) is 29.8 Å². The molecule has 4 nitrogen and oxygen atoms in total. The number of rotatable bonds is 8. The number of halogens is 3. The second kappa shape index (κ2) is 9.03. The van der Waals surface area contributed by atoms with E-state index in [1.54, 1.807) is 10.8 Å². The Kier molecular flexibility index (Phi) is 7.42. The van der Waals surface area contributed by atoms with Gasteiger partial charge < -0.3 is 4.90 Å². The third-order valence-corrected chi connectivity index (χ3v) is 7.09. The van der Waals surface area contributed by atoms with Gasteiger partial charge in [-0.2, -0.15) is 21.6 Å². The molecule has 2 atom stereocenters. The van der Waals surface area contributed by atoms with Crippen molar-refractivity contribution in [2.45, 2.75) is 63.8 Å². The van der Waals surface area contributed by atoms with Crippen molar-refractivity contribution in [2.75, 3.05) is 24.4 Å². The minimum absolute atomic E-state index is 0.0507. The second-order valence-electron chi connectivity index (χ2n) is 8.06. The SMILES string of the molecule is CCCCCCN1CC[C@](C)(c2cccc(NS(=O)(=O)C(F)(F)F)c2)[C@@H](C)C1. The van der Waals surface area contributed by atoms with Gasteiger partial charge in [0.1, 0.15) is 0 Å². The molecule has 1 N–H and O–H groups in total. The van der Waals surface area contributed by atoms with E-state index in [-0.39, 0.29) is 11.1 Å². The van der Waals surface area contributed by atoms with Crippen molar-refractivity contribution in [3.63, 3.8) is 0 Å². The van der Waals surface area contributed by atoms with Crippen LogP contribution in [0.4, 0.5) is 18.9 Å². The van der Waals surface area contributed by atoms with Crippen molar-refractivity contribution in [3.8, 4) is 0 Å². The van der Waals surface area contributed by atoms with Crippen LogP contribution in [0.2, 0.25) is 0 Å². The van der Waals surface area contributed by atoms with Crippen LogP contribution in [-0.2, 0) is 15.4 Å². The van der Waals surface area contributed by atoms with E-state index < -0.39 is 15.5 Å². The van der Waals surface area contributed by atoms with Gasteiger partial charge in [0.15, 0.2) is 0 Å². The van der Waals surface area contributed by atoms with Crippen LogP contribution >= 0.6 is 0 Å². The molecule has 0 aromatic heterocycles. The molecule has 0 bridgehead atoms. The summed E-state index contributed by atoms with van der Waals surface area (Å²) >= 11 is 0. The average molecular weight is 421 g/mol. The summed E-state index contributed by atoms with van der Waals surface area (Å²) < 4.78 is 62.4. The highest BCUT2D eigenvalue weighted by atomic mass is 32.2. The zero-order chi connectivity index (χ0) is 21.0. The first kappa shape index (κ1) is 23.0. The predicted octanol–water partition coefficient (Wildman–Crippen LogP) is 5.13. The van der Waals surface area contributed by atoms with E-state index >= 15 is 0 Å². The molecule has 1 aromatic rings. The third-order valence-electron chi connectivity index (χ3n) is 5.97. The normalized spacial score (nSPS) is 24.3. The van der Waals surface area contributed by atoms with Gasteiger partial charge in [0, 0.05) is 12.2 Å². The number of hydrogen-bond donors (Lipinski definition) is 1. The molecule has 0 unspecified atom stereocenters. The van der Waals surface area contributed by atoms with Crippen LogP contribution in [0, 0.1) is 5.92 Å². The van der Waals surface area contributed by atoms with Crippen LogP contribution in [0.25, 0.3) is 0 Å². The Hall–Kier alpha value is -1.28. The smallest absolute Gasteiger partial charge is 0.303 e. The molecule has 1 aliphatic heterocycles. The highest BCUT2D eigenvalue weighted by molar-refractivity contribution is 7.93. The van der Waals surface area contributed by atoms with Crippen molar-refractivity contribution in [1.29, 1.82) is 0 Å². The molecule has 0 amide bonds. The summed E-state index contributed by atoms with van der Waals surface area (Å²) in [4.78, 5) is 2.46. The Balaban J connectivity index is 2.09. The standard InChI is InChI=1S/C20H31F3N2O2S/c1-4-5-6-7-12-25-13-11-19(3,16(2)15-25)17-9-8-10-18(14-17)24-28(26,27)20(21,22)23/h8-10,14,16,24H,4-7,11-13,15H2,1-3H3/t16-,19-/m0/s1. The van der Waals surface area contributed by atoms with Crippen LogP contribution < -0.4 is 4.72 Å². The quantitative estimate of drug-likeness (QED) is 0.593. The third kappa shape index (κ3) is 5.41. The fourth-order valence-corrected chi connectivity index (χ4v) is 4.41. The number of hydrogen-bond acceptors (Lipinski definition) is 3. The van der Waals surface area contributed by atoms with Crippen molar-refractivity contribution >= 4 is 15.7 Å². The van der Waals surface area contributed by atoms with E-state index in [4.69, 9.17) is 0 Å². The highest BCUT2D eigenvalue weighted by Gasteiger charge is 2.46. The van der Waals surface area contributed by atoms with E-state index in [0.717, 1.165) is 31.6 Å². The van der Waals surface area contributed by atoms with Gasteiger partial charge in [-0.05, 0) is 55.0 Å². The van der Waals surface area contributed by atoms with Gasteiger partial charge >= 0.3 is 15.5 Å². The summed E-state index contributed by atoms with van der Waals surface area (Å²) in [6.07, 6.45) is 5.77. The Bertz CT molecular complexity index is 752. The van der Waals surface area contributed by atoms with Gasteiger partial charge in [0.05, 0.1) is 0 Å². The Morgan fingerprint density at radius 2 is 1.96 bits per heavy atom. The molecule has 0 aliphatic carbocycles. The molecular weight excluding hydrogens is 389 g/mol. The Morgan fingerprint density at radius 1 is 1.25 bits per heavy atom. The molecule has 0 spiro atoms. The van der Waals surface area contributed by atoms with Gasteiger partial charge in [0.25, 0.3) is 0 Å². The number of alkyl halides is 3. The molecule has 8 heteroatoms. The highest BCUT2D eigenvalue weighted by Crippen LogP contribution is 2.40. The summed E-state index contributed by atoms with van der Waals surface area (Å²) in [5, 5.41) is 0. The number of likely N-dealkylation sites (tertiary alicyclic amines) is 1. The van der Waals surface area contributed by atoms with Crippen LogP contribution in [0.15, 0.2) is 24.3 Å². The van der Waals surface area contributed by atoms with E-state index in [2.05, 4.69) is 25.7 Å². The number of nitrogens with zero attached hydrogens (tertiary/aromatic N) is 1. The Labute approximate surface area is 166 Å². The van der Waals surface area contributed by atoms with Gasteiger partial charge in [-0.3, -0.25) is 4.72 Å². The zero-order valence-corrected chi connectivity index (χ0v) is 17.7. The summed E-state index contributed by atoms with van der Waals surface area (Å²) in [6, 6.07) is 6.37. The number of piperidine rings is 1. The van der Waals surface area contributed by atoms with Crippen molar-refractivity contribution < 1.29 is 21.6 Å². The molecule has 2 rings (SSSR count). The van der Waals surface area contributed by atoms with Crippen molar-refractivity contribution in [1.82, 2.24) is 4.90 Å². The summed E-state index contributed by atoms with van der Waals surface area (Å²) in [5.41, 5.74) is -4.72. The minimum Gasteiger partial charge on any atom is -0.303 e. The number of sulfonamides is 1. The first-order valence-electron chi connectivity index (χ1n) is 9.91. The van der Waals surface area contributed by atoms with E-state index in [1.165, 1.54) is 37.8 Å². The predicted molar refractivity (Wildman–Crippen MR) is 107 cm³/mol. The van der Waals surface area contributed by atoms with Gasteiger partial charge in [0.2, 0.25) is 0 Å². The summed E-state index contributed by atoms with van der Waals surface area (Å²) in [6.45, 7) is 9.41. The lowest BCUT2D eigenvalue weighted by Gasteiger charge is -2.45. The second-order valence-corrected chi connectivity index (χ2v) is 9.74. The topological polar surface area (TPSA) is 49.4 Å². The maximum Gasteiger partial charge on any atom is 0.516 e. The molecule has 160 valence electrons. The maximum atomic E-state index is 12.6. The van der Waals surface area contributed by atoms with Gasteiger partial charge in [-0.15, -0.1) is 0 Å². The largest absolute Gasteiger partial charge is 0.516 e. The van der Waals surface area contributed by atoms with Gasteiger partial charge in [-0.25, -0.2) is 0 Å². The monoisotopic (exact) mass is 420 g/mol. The molecular formula is C20H31F3N2O2S. The summed E-state index contributed by atoms with van der Waals surface area (Å²) in [7, 11) is -5.41.